The van der Waals surface area contributed by atoms with Crippen LogP contribution in [0, 0.1) is 23.7 Å². The van der Waals surface area contributed by atoms with Crippen LogP contribution in [0.2, 0.25) is 0 Å². The van der Waals surface area contributed by atoms with Gasteiger partial charge in [0, 0.05) is 0 Å². The summed E-state index contributed by atoms with van der Waals surface area (Å²) in [6, 6.07) is 0. The van der Waals surface area contributed by atoms with Crippen molar-refractivity contribution in [3.8, 4) is 0 Å². The van der Waals surface area contributed by atoms with Gasteiger partial charge in [0.2, 0.25) is 0 Å². The van der Waals surface area contributed by atoms with E-state index in [1.54, 1.807) is 0 Å². The first-order valence-corrected chi connectivity index (χ1v) is 9.42. The van der Waals surface area contributed by atoms with E-state index in [1.165, 1.54) is 38.5 Å². The van der Waals surface area contributed by atoms with Crippen LogP contribution in [-0.4, -0.2) is 0 Å². The summed E-state index contributed by atoms with van der Waals surface area (Å²) in [4.78, 5) is 0. The molecule has 0 amide bonds. The summed E-state index contributed by atoms with van der Waals surface area (Å²) >= 11 is 0. The largest absolute Gasteiger partial charge is 0.0879 e. The molecule has 4 atom stereocenters. The van der Waals surface area contributed by atoms with Crippen LogP contribution >= 0.6 is 0 Å². The van der Waals surface area contributed by atoms with E-state index in [2.05, 4.69) is 76.3 Å². The molecular formula is C22H36. The molecular weight excluding hydrogens is 264 g/mol. The summed E-state index contributed by atoms with van der Waals surface area (Å²) < 4.78 is 0. The van der Waals surface area contributed by atoms with Gasteiger partial charge in [-0.3, -0.25) is 0 Å². The molecule has 1 aliphatic rings. The topological polar surface area (TPSA) is 0 Å². The predicted octanol–water partition coefficient (Wildman–Crippen LogP) is 7.11. The average Bonchev–Trinajstić information content (AvgIpc) is 2.54. The van der Waals surface area contributed by atoms with Crippen LogP contribution in [0.4, 0.5) is 0 Å². The number of unbranched alkanes of at least 4 members (excludes halogenated alkanes) is 2. The standard InChI is InChI=1S/C22H36/c1-5-9-12-14-20-18-17-19(8-4)21(16-13-10-6-2)22(20)15-11-7-3/h6,10,12-14,16-22H,5,7-9,11,15H2,1-4H3/b10-6+,14-12-,16-13+. The van der Waals surface area contributed by atoms with Gasteiger partial charge < -0.3 is 0 Å². The Labute approximate surface area is 139 Å². The molecule has 0 spiro atoms. The van der Waals surface area contributed by atoms with E-state index in [1.807, 2.05) is 0 Å². The molecule has 0 aliphatic heterocycles. The highest BCUT2D eigenvalue weighted by Gasteiger charge is 2.32. The Morgan fingerprint density at radius 1 is 0.955 bits per heavy atom. The maximum atomic E-state index is 2.49. The third-order valence-electron chi connectivity index (χ3n) is 4.88. The molecule has 0 N–H and O–H groups in total. The van der Waals surface area contributed by atoms with Crippen molar-refractivity contribution in [2.75, 3.05) is 0 Å². The van der Waals surface area contributed by atoms with Crippen LogP contribution in [0.25, 0.3) is 0 Å². The van der Waals surface area contributed by atoms with E-state index in [0.717, 1.165) is 5.92 Å². The van der Waals surface area contributed by atoms with Crippen LogP contribution in [0.3, 0.4) is 0 Å². The summed E-state index contributed by atoms with van der Waals surface area (Å²) in [6.07, 6.45) is 26.6. The van der Waals surface area contributed by atoms with Crippen LogP contribution in [0.15, 0.2) is 48.6 Å². The van der Waals surface area contributed by atoms with Gasteiger partial charge in [-0.2, -0.15) is 0 Å². The Hall–Kier alpha value is -1.04. The molecule has 0 aromatic carbocycles. The smallest absolute Gasteiger partial charge is 0.00193 e. The molecule has 0 aromatic heterocycles. The van der Waals surface area contributed by atoms with E-state index >= 15 is 0 Å². The molecule has 124 valence electrons. The summed E-state index contributed by atoms with van der Waals surface area (Å²) in [7, 11) is 0. The predicted molar refractivity (Wildman–Crippen MR) is 101 cm³/mol. The second-order valence-corrected chi connectivity index (χ2v) is 6.55. The van der Waals surface area contributed by atoms with Crippen molar-refractivity contribution in [3.63, 3.8) is 0 Å². The fourth-order valence-corrected chi connectivity index (χ4v) is 3.57. The Bertz CT molecular complexity index is 383. The first-order valence-electron chi connectivity index (χ1n) is 9.42. The highest BCUT2D eigenvalue weighted by molar-refractivity contribution is 5.16. The van der Waals surface area contributed by atoms with Gasteiger partial charge in [-0.05, 0) is 49.9 Å². The highest BCUT2D eigenvalue weighted by atomic mass is 14.4. The molecule has 0 saturated carbocycles. The Morgan fingerprint density at radius 2 is 1.77 bits per heavy atom. The second kappa shape index (κ2) is 11.5. The normalized spacial score (nSPS) is 29.3. The molecule has 0 nitrogen and oxygen atoms in total. The monoisotopic (exact) mass is 300 g/mol. The van der Waals surface area contributed by atoms with Gasteiger partial charge in [-0.25, -0.2) is 0 Å². The summed E-state index contributed by atoms with van der Waals surface area (Å²) in [5, 5.41) is 0. The van der Waals surface area contributed by atoms with Gasteiger partial charge in [-0.1, -0.05) is 88.6 Å². The van der Waals surface area contributed by atoms with Gasteiger partial charge in [0.15, 0.2) is 0 Å². The molecule has 0 aromatic rings. The van der Waals surface area contributed by atoms with E-state index in [9.17, 15) is 0 Å². The van der Waals surface area contributed by atoms with Crippen molar-refractivity contribution in [2.24, 2.45) is 23.7 Å². The number of hydrogen-bond acceptors (Lipinski definition) is 0. The molecule has 0 saturated heterocycles. The SMILES string of the molecule is C/C=C/C=C/C1C(CC)C=CC(/C=C\CCC)C1CCCC. The lowest BCUT2D eigenvalue weighted by atomic mass is 9.67. The minimum Gasteiger partial charge on any atom is -0.0879 e. The average molecular weight is 301 g/mol. The highest BCUT2D eigenvalue weighted by Crippen LogP contribution is 2.40. The quantitative estimate of drug-likeness (QED) is 0.314. The maximum Gasteiger partial charge on any atom is -0.00193 e. The summed E-state index contributed by atoms with van der Waals surface area (Å²) in [5.41, 5.74) is 0. The van der Waals surface area contributed by atoms with Crippen LogP contribution < -0.4 is 0 Å². The fraction of sp³-hybridized carbons (Fsp3) is 0.636. The van der Waals surface area contributed by atoms with Crippen molar-refractivity contribution < 1.29 is 0 Å². The molecule has 0 heteroatoms. The zero-order chi connectivity index (χ0) is 16.2. The number of hydrogen-bond donors (Lipinski definition) is 0. The molecule has 0 bridgehead atoms. The van der Waals surface area contributed by atoms with E-state index in [4.69, 9.17) is 0 Å². The van der Waals surface area contributed by atoms with E-state index in [0.29, 0.717) is 17.8 Å². The van der Waals surface area contributed by atoms with Gasteiger partial charge in [0.1, 0.15) is 0 Å². The second-order valence-electron chi connectivity index (χ2n) is 6.55. The molecule has 0 heterocycles. The van der Waals surface area contributed by atoms with Crippen molar-refractivity contribution in [3.05, 3.63) is 48.6 Å². The minimum atomic E-state index is 0.626. The molecule has 22 heavy (non-hydrogen) atoms. The van der Waals surface area contributed by atoms with E-state index < -0.39 is 0 Å². The lowest BCUT2D eigenvalue weighted by Gasteiger charge is -2.37. The summed E-state index contributed by atoms with van der Waals surface area (Å²) in [5.74, 6) is 2.79. The first-order chi connectivity index (χ1) is 10.8. The number of allylic oxidation sites excluding steroid dienone is 8. The lowest BCUT2D eigenvalue weighted by Crippen LogP contribution is -2.29. The Kier molecular flexibility index (Phi) is 9.95. The van der Waals surface area contributed by atoms with Crippen molar-refractivity contribution in [1.82, 2.24) is 0 Å². The van der Waals surface area contributed by atoms with Crippen molar-refractivity contribution in [2.45, 2.75) is 66.2 Å². The van der Waals surface area contributed by atoms with Crippen LogP contribution in [0.5, 0.6) is 0 Å². The Balaban J connectivity index is 2.95. The van der Waals surface area contributed by atoms with Crippen LogP contribution in [-0.2, 0) is 0 Å². The molecule has 0 radical (unpaired) electrons. The first kappa shape index (κ1) is 19.0. The van der Waals surface area contributed by atoms with Crippen LogP contribution in [0.1, 0.15) is 66.2 Å². The lowest BCUT2D eigenvalue weighted by molar-refractivity contribution is 0.239. The zero-order valence-electron chi connectivity index (χ0n) is 15.2. The van der Waals surface area contributed by atoms with E-state index in [-0.39, 0.29) is 0 Å². The van der Waals surface area contributed by atoms with Crippen molar-refractivity contribution in [1.29, 1.82) is 0 Å². The number of rotatable bonds is 9. The molecule has 1 aliphatic carbocycles. The van der Waals surface area contributed by atoms with Gasteiger partial charge in [0.25, 0.3) is 0 Å². The molecule has 0 fully saturated rings. The van der Waals surface area contributed by atoms with Gasteiger partial charge in [-0.15, -0.1) is 0 Å². The van der Waals surface area contributed by atoms with Gasteiger partial charge in [0.05, 0.1) is 0 Å². The van der Waals surface area contributed by atoms with Crippen molar-refractivity contribution >= 4 is 0 Å². The Morgan fingerprint density at radius 3 is 2.41 bits per heavy atom. The van der Waals surface area contributed by atoms with Gasteiger partial charge >= 0.3 is 0 Å². The third-order valence-corrected chi connectivity index (χ3v) is 4.88. The third kappa shape index (κ3) is 5.99. The zero-order valence-corrected chi connectivity index (χ0v) is 15.2. The summed E-state index contributed by atoms with van der Waals surface area (Å²) in [6.45, 7) is 8.98. The fourth-order valence-electron chi connectivity index (χ4n) is 3.57. The molecule has 4 unspecified atom stereocenters. The molecule has 1 rings (SSSR count). The maximum absolute atomic E-state index is 2.49. The minimum absolute atomic E-state index is 0.626.